The molecule has 35 heavy (non-hydrogen) atoms. The first kappa shape index (κ1) is 26.4. The Bertz CT molecular complexity index is 1130. The number of esters is 1. The number of ether oxygens (including phenoxy) is 4. The van der Waals surface area contributed by atoms with Crippen LogP contribution in [0.1, 0.15) is 69.1 Å². The molecule has 0 atom stereocenters. The molecule has 0 aliphatic rings. The molecule has 0 fully saturated rings. The minimum absolute atomic E-state index is 0.131. The number of hydrogen-bond acceptors (Lipinski definition) is 7. The summed E-state index contributed by atoms with van der Waals surface area (Å²) in [6, 6.07) is 9.10. The Balaban J connectivity index is 1.63. The third-order valence-corrected chi connectivity index (χ3v) is 5.44. The van der Waals surface area contributed by atoms with Crippen LogP contribution in [0.3, 0.4) is 0 Å². The molecule has 0 amide bonds. The SMILES string of the molecule is CCCc1c(OCCCOc2ccc(C(=O)OC)cc2OCC)ccc2c(CC(C)(C)C)noc12. The number of benzene rings is 2. The first-order valence-corrected chi connectivity index (χ1v) is 12.3. The van der Waals surface area contributed by atoms with Gasteiger partial charge in [-0.05, 0) is 55.5 Å². The zero-order chi connectivity index (χ0) is 25.4. The highest BCUT2D eigenvalue weighted by molar-refractivity contribution is 5.90. The summed E-state index contributed by atoms with van der Waals surface area (Å²) in [6.45, 7) is 12.0. The van der Waals surface area contributed by atoms with E-state index in [1.54, 1.807) is 18.2 Å². The predicted octanol–water partition coefficient (Wildman–Crippen LogP) is 6.40. The number of aryl methyl sites for hydroxylation is 1. The Morgan fingerprint density at radius 3 is 2.34 bits per heavy atom. The van der Waals surface area contributed by atoms with Crippen LogP contribution in [-0.4, -0.2) is 38.1 Å². The highest BCUT2D eigenvalue weighted by Gasteiger charge is 2.20. The van der Waals surface area contributed by atoms with Crippen molar-refractivity contribution in [3.05, 3.63) is 47.2 Å². The standard InChI is InChI=1S/C28H37NO6/c1-7-10-21-23(14-12-20-22(18-28(3,4)5)29-35-26(20)21)33-15-9-16-34-24-13-11-19(27(30)31-6)17-25(24)32-8-2/h11-14,17H,7-10,15-16,18H2,1-6H3. The molecule has 0 N–H and O–H groups in total. The number of fused-ring (bicyclic) bond motifs is 1. The maximum atomic E-state index is 11.8. The third kappa shape index (κ3) is 6.90. The van der Waals surface area contributed by atoms with Crippen LogP contribution in [0.15, 0.2) is 34.9 Å². The monoisotopic (exact) mass is 483 g/mol. The summed E-state index contributed by atoms with van der Waals surface area (Å²) in [5.74, 6) is 1.52. The fraction of sp³-hybridized carbons (Fsp3) is 0.500. The van der Waals surface area contributed by atoms with Crippen molar-refractivity contribution in [1.29, 1.82) is 0 Å². The van der Waals surface area contributed by atoms with Crippen molar-refractivity contribution in [2.45, 2.75) is 60.3 Å². The molecule has 1 aromatic heterocycles. The van der Waals surface area contributed by atoms with Crippen molar-refractivity contribution < 1.29 is 28.3 Å². The third-order valence-electron chi connectivity index (χ3n) is 5.44. The second-order valence-electron chi connectivity index (χ2n) is 9.67. The van der Waals surface area contributed by atoms with Crippen molar-refractivity contribution >= 4 is 16.9 Å². The molecule has 0 aliphatic carbocycles. The van der Waals surface area contributed by atoms with Gasteiger partial charge in [0.1, 0.15) is 5.75 Å². The number of nitrogens with zero attached hydrogens (tertiary/aromatic N) is 1. The molecule has 0 radical (unpaired) electrons. The van der Waals surface area contributed by atoms with Gasteiger partial charge < -0.3 is 23.5 Å². The molecule has 190 valence electrons. The number of carbonyl (C=O) groups excluding carboxylic acids is 1. The zero-order valence-electron chi connectivity index (χ0n) is 21.7. The van der Waals surface area contributed by atoms with Crippen LogP contribution in [0.25, 0.3) is 11.0 Å². The van der Waals surface area contributed by atoms with Crippen LogP contribution < -0.4 is 14.2 Å². The summed E-state index contributed by atoms with van der Waals surface area (Å²) in [4.78, 5) is 11.8. The van der Waals surface area contributed by atoms with Gasteiger partial charge in [0, 0.05) is 17.4 Å². The van der Waals surface area contributed by atoms with E-state index in [9.17, 15) is 4.79 Å². The van der Waals surface area contributed by atoms with Gasteiger partial charge in [0.2, 0.25) is 0 Å². The normalized spacial score (nSPS) is 11.5. The van der Waals surface area contributed by atoms with Crippen LogP contribution in [0.4, 0.5) is 0 Å². The van der Waals surface area contributed by atoms with Crippen LogP contribution in [0.2, 0.25) is 0 Å². The average Bonchev–Trinajstić information content (AvgIpc) is 3.21. The van der Waals surface area contributed by atoms with Gasteiger partial charge in [0.05, 0.1) is 38.2 Å². The minimum atomic E-state index is -0.414. The summed E-state index contributed by atoms with van der Waals surface area (Å²) in [6.07, 6.45) is 3.38. The smallest absolute Gasteiger partial charge is 0.337 e. The molecule has 0 saturated carbocycles. The van der Waals surface area contributed by atoms with Crippen molar-refractivity contribution in [3.63, 3.8) is 0 Å². The molecule has 0 unspecified atom stereocenters. The number of methoxy groups -OCH3 is 1. The predicted molar refractivity (Wildman–Crippen MR) is 136 cm³/mol. The van der Waals surface area contributed by atoms with Gasteiger partial charge in [-0.3, -0.25) is 0 Å². The lowest BCUT2D eigenvalue weighted by Gasteiger charge is -2.16. The molecule has 0 bridgehead atoms. The second kappa shape index (κ2) is 12.0. The van der Waals surface area contributed by atoms with E-state index >= 15 is 0 Å². The topological polar surface area (TPSA) is 80.0 Å². The van der Waals surface area contributed by atoms with Gasteiger partial charge in [-0.25, -0.2) is 4.79 Å². The van der Waals surface area contributed by atoms with Crippen molar-refractivity contribution in [1.82, 2.24) is 5.16 Å². The summed E-state index contributed by atoms with van der Waals surface area (Å²) in [5, 5.41) is 5.43. The highest BCUT2D eigenvalue weighted by Crippen LogP contribution is 2.34. The van der Waals surface area contributed by atoms with Gasteiger partial charge in [0.15, 0.2) is 17.1 Å². The van der Waals surface area contributed by atoms with E-state index in [2.05, 4.69) is 38.9 Å². The number of carbonyl (C=O) groups is 1. The van der Waals surface area contributed by atoms with E-state index in [0.29, 0.717) is 43.3 Å². The summed E-state index contributed by atoms with van der Waals surface area (Å²) in [7, 11) is 1.35. The molecule has 2 aromatic carbocycles. The van der Waals surface area contributed by atoms with Crippen molar-refractivity contribution in [2.75, 3.05) is 26.9 Å². The van der Waals surface area contributed by atoms with Gasteiger partial charge in [-0.15, -0.1) is 0 Å². The lowest BCUT2D eigenvalue weighted by atomic mass is 9.89. The van der Waals surface area contributed by atoms with E-state index in [0.717, 1.165) is 47.2 Å². The van der Waals surface area contributed by atoms with Gasteiger partial charge in [0.25, 0.3) is 0 Å². The largest absolute Gasteiger partial charge is 0.493 e. The first-order valence-electron chi connectivity index (χ1n) is 12.3. The zero-order valence-corrected chi connectivity index (χ0v) is 21.7. The molecular weight excluding hydrogens is 446 g/mol. The quantitative estimate of drug-likeness (QED) is 0.218. The van der Waals surface area contributed by atoms with Gasteiger partial charge in [-0.2, -0.15) is 0 Å². The Morgan fingerprint density at radius 1 is 0.971 bits per heavy atom. The molecule has 7 heteroatoms. The molecule has 1 heterocycles. The van der Waals surface area contributed by atoms with E-state index < -0.39 is 5.97 Å². The second-order valence-corrected chi connectivity index (χ2v) is 9.67. The average molecular weight is 484 g/mol. The Kier molecular flexibility index (Phi) is 9.01. The van der Waals surface area contributed by atoms with Crippen molar-refractivity contribution in [2.24, 2.45) is 5.41 Å². The summed E-state index contributed by atoms with van der Waals surface area (Å²) in [5.41, 5.74) is 3.44. The van der Waals surface area contributed by atoms with E-state index in [-0.39, 0.29) is 5.41 Å². The molecule has 0 spiro atoms. The fourth-order valence-corrected chi connectivity index (χ4v) is 3.91. The van der Waals surface area contributed by atoms with Crippen LogP contribution in [0.5, 0.6) is 17.2 Å². The Labute approximate surface area is 207 Å². The number of aromatic nitrogens is 1. The summed E-state index contributed by atoms with van der Waals surface area (Å²) < 4.78 is 28.2. The number of hydrogen-bond donors (Lipinski definition) is 0. The van der Waals surface area contributed by atoms with Crippen LogP contribution in [-0.2, 0) is 17.6 Å². The lowest BCUT2D eigenvalue weighted by molar-refractivity contribution is 0.0600. The van der Waals surface area contributed by atoms with Crippen molar-refractivity contribution in [3.8, 4) is 17.2 Å². The minimum Gasteiger partial charge on any atom is -0.493 e. The fourth-order valence-electron chi connectivity index (χ4n) is 3.91. The van der Waals surface area contributed by atoms with Crippen LogP contribution in [0, 0.1) is 5.41 Å². The Hall–Kier alpha value is -3.22. The van der Waals surface area contributed by atoms with Gasteiger partial charge in [-0.1, -0.05) is 39.3 Å². The molecule has 7 nitrogen and oxygen atoms in total. The molecule has 3 rings (SSSR count). The molecule has 3 aromatic rings. The molecular formula is C28H37NO6. The number of rotatable bonds is 12. The van der Waals surface area contributed by atoms with Crippen LogP contribution >= 0.6 is 0 Å². The summed E-state index contributed by atoms with van der Waals surface area (Å²) >= 11 is 0. The highest BCUT2D eigenvalue weighted by atomic mass is 16.5. The van der Waals surface area contributed by atoms with E-state index in [1.165, 1.54) is 7.11 Å². The molecule has 0 aliphatic heterocycles. The first-order chi connectivity index (χ1) is 16.8. The van der Waals surface area contributed by atoms with E-state index in [1.807, 2.05) is 13.0 Å². The lowest BCUT2D eigenvalue weighted by Crippen LogP contribution is -2.09. The van der Waals surface area contributed by atoms with Gasteiger partial charge >= 0.3 is 5.97 Å². The maximum Gasteiger partial charge on any atom is 0.337 e. The molecule has 0 saturated heterocycles. The maximum absolute atomic E-state index is 11.8. The van der Waals surface area contributed by atoms with E-state index in [4.69, 9.17) is 23.5 Å². The Morgan fingerprint density at radius 2 is 1.69 bits per heavy atom.